The third-order valence-electron chi connectivity index (χ3n) is 22.6. The van der Waals surface area contributed by atoms with Crippen molar-refractivity contribution in [1.29, 1.82) is 0 Å². The minimum absolute atomic E-state index is 0.00212. The highest BCUT2D eigenvalue weighted by molar-refractivity contribution is 7.33. The third kappa shape index (κ3) is 7.24. The quantitative estimate of drug-likeness (QED) is 0.163. The molecular weight excluding hydrogens is 998 g/mol. The van der Waals surface area contributed by atoms with E-state index in [2.05, 4.69) is 258 Å². The summed E-state index contributed by atoms with van der Waals surface area (Å²) < 4.78 is 5.48. The maximum absolute atomic E-state index is 2.80. The van der Waals surface area contributed by atoms with E-state index in [4.69, 9.17) is 0 Å². The molecular formula is C76H84BN3S. The van der Waals surface area contributed by atoms with Crippen molar-refractivity contribution >= 4 is 99.8 Å². The first-order valence-corrected chi connectivity index (χ1v) is 31.8. The summed E-state index contributed by atoms with van der Waals surface area (Å²) in [5.74, 6) is 0. The van der Waals surface area contributed by atoms with Crippen LogP contribution in [0.25, 0.3) is 37.6 Å². The Hall–Kier alpha value is -6.04. The molecule has 0 bridgehead atoms. The number of hydrogen-bond acceptors (Lipinski definition) is 3. The molecule has 3 nitrogen and oxygen atoms in total. The number of rotatable bonds is 3. The van der Waals surface area contributed by atoms with E-state index in [9.17, 15) is 0 Å². The molecule has 0 radical (unpaired) electrons. The summed E-state index contributed by atoms with van der Waals surface area (Å²) in [7, 11) is 0. The lowest BCUT2D eigenvalue weighted by molar-refractivity contribution is 0.332. The standard InChI is InChI=1S/C76H84BN3S/c1-69(2)29-31-71(5,6)53-37-45(25-27-51(53)69)78-62-43-57-56(74(11,12)34-35-75(57,13)14)42-59(62)77-66-63(78)39-47(79-60-23-19-17-21-48(60)49-22-18-20-24-61(49)79)40-64(66)80(46-26-28-52-54(38-46)72(7,8)32-30-70(52,3)4)67-50-41-55-58(44-65(50)81-68(67)77)76(15,16)36-33-73(55,9)10/h17-28,37-44H,29-36H2,1-16H3. The Bertz CT molecular complexity index is 4170. The first-order chi connectivity index (χ1) is 38.1. The second-order valence-corrected chi connectivity index (χ2v) is 32.7. The number of thiophene rings is 1. The first kappa shape index (κ1) is 51.8. The second-order valence-electron chi connectivity index (χ2n) is 31.6. The topological polar surface area (TPSA) is 11.4 Å². The Kier molecular flexibility index (Phi) is 10.5. The highest BCUT2D eigenvalue weighted by Crippen LogP contribution is 2.57. The van der Waals surface area contributed by atoms with E-state index in [1.165, 1.54) is 177 Å². The average molecular weight is 1080 g/mol. The molecule has 0 saturated carbocycles. The Labute approximate surface area is 488 Å². The van der Waals surface area contributed by atoms with Crippen LogP contribution in [0.3, 0.4) is 0 Å². The van der Waals surface area contributed by atoms with Gasteiger partial charge in [-0.2, -0.15) is 0 Å². The number of nitrogens with zero attached hydrogens (tertiary/aromatic N) is 3. The van der Waals surface area contributed by atoms with Crippen LogP contribution in [0.2, 0.25) is 0 Å². The van der Waals surface area contributed by atoms with Gasteiger partial charge in [0.1, 0.15) is 0 Å². The van der Waals surface area contributed by atoms with E-state index >= 15 is 0 Å². The third-order valence-corrected chi connectivity index (χ3v) is 23.8. The van der Waals surface area contributed by atoms with Gasteiger partial charge >= 0.3 is 0 Å². The molecule has 0 saturated heterocycles. The van der Waals surface area contributed by atoms with Gasteiger partial charge in [0.25, 0.3) is 6.71 Å². The molecule has 0 spiro atoms. The summed E-state index contributed by atoms with van der Waals surface area (Å²) in [5.41, 5.74) is 26.9. The summed E-state index contributed by atoms with van der Waals surface area (Å²) in [5, 5.41) is 3.97. The molecule has 6 aliphatic rings. The van der Waals surface area contributed by atoms with Crippen LogP contribution in [-0.4, -0.2) is 11.3 Å². The highest BCUT2D eigenvalue weighted by atomic mass is 32.1. The lowest BCUT2D eigenvalue weighted by Gasteiger charge is -2.48. The Morgan fingerprint density at radius 1 is 0.346 bits per heavy atom. The zero-order valence-electron chi connectivity index (χ0n) is 51.5. The summed E-state index contributed by atoms with van der Waals surface area (Å²) in [4.78, 5) is 5.58. The van der Waals surface area contributed by atoms with Crippen molar-refractivity contribution in [3.05, 3.63) is 166 Å². The first-order valence-electron chi connectivity index (χ1n) is 31.0. The van der Waals surface area contributed by atoms with Crippen LogP contribution in [0.4, 0.5) is 34.1 Å². The maximum atomic E-state index is 2.80. The molecule has 4 heterocycles. The molecule has 15 rings (SSSR count). The van der Waals surface area contributed by atoms with Crippen LogP contribution in [0.1, 0.15) is 207 Å². The predicted octanol–water partition coefficient (Wildman–Crippen LogP) is 19.5. The molecule has 5 heteroatoms. The van der Waals surface area contributed by atoms with Crippen molar-refractivity contribution < 1.29 is 0 Å². The Morgan fingerprint density at radius 2 is 0.741 bits per heavy atom. The van der Waals surface area contributed by atoms with E-state index in [1.54, 1.807) is 0 Å². The fraction of sp³-hybridized carbons (Fsp3) is 0.421. The molecule has 4 aliphatic carbocycles. The van der Waals surface area contributed by atoms with E-state index in [0.717, 1.165) is 6.42 Å². The molecule has 0 amide bonds. The summed E-state index contributed by atoms with van der Waals surface area (Å²) in [6.45, 7) is 40.0. The fourth-order valence-corrected chi connectivity index (χ4v) is 18.2. The lowest BCUT2D eigenvalue weighted by atomic mass is 9.35. The number of aromatic nitrogens is 1. The van der Waals surface area contributed by atoms with Gasteiger partial charge in [0.05, 0.1) is 22.4 Å². The van der Waals surface area contributed by atoms with Gasteiger partial charge in [0.2, 0.25) is 0 Å². The normalized spacial score (nSPS) is 21.4. The van der Waals surface area contributed by atoms with Gasteiger partial charge in [-0.25, -0.2) is 0 Å². The minimum atomic E-state index is 0.00212. The SMILES string of the molecule is CC1(C)CCC(C)(C)c2cc(N3c4cc5c(cc4B4c6sc7cc8c(cc7c6N(c6ccc7c(c6)C(C)(C)CCC7(C)C)c6cc(-n7c9ccccc9c9ccccc97)cc3c64)C(C)(C)CCC8(C)C)C(C)(C)CCC5(C)C)ccc21. The van der Waals surface area contributed by atoms with Gasteiger partial charge in [0, 0.05) is 54.1 Å². The van der Waals surface area contributed by atoms with Gasteiger partial charge in [-0.3, -0.25) is 0 Å². The average Bonchev–Trinajstić information content (AvgIpc) is 2.66. The van der Waals surface area contributed by atoms with Gasteiger partial charge in [-0.05, 0) is 217 Å². The molecule has 9 aromatic rings. The molecule has 0 atom stereocenters. The predicted molar refractivity (Wildman–Crippen MR) is 351 cm³/mol. The monoisotopic (exact) mass is 1080 g/mol. The van der Waals surface area contributed by atoms with Gasteiger partial charge < -0.3 is 14.4 Å². The molecule has 7 aromatic carbocycles. The molecule has 81 heavy (non-hydrogen) atoms. The maximum Gasteiger partial charge on any atom is 0.264 e. The van der Waals surface area contributed by atoms with Crippen LogP contribution in [0.5, 0.6) is 0 Å². The summed E-state index contributed by atoms with van der Waals surface area (Å²) >= 11 is 2.10. The van der Waals surface area contributed by atoms with Crippen LogP contribution in [-0.2, 0) is 43.3 Å². The van der Waals surface area contributed by atoms with Crippen LogP contribution in [0, 0.1) is 0 Å². The van der Waals surface area contributed by atoms with E-state index < -0.39 is 0 Å². The van der Waals surface area contributed by atoms with Crippen LogP contribution in [0.15, 0.2) is 121 Å². The largest absolute Gasteiger partial charge is 0.311 e. The summed E-state index contributed by atoms with van der Waals surface area (Å²) in [6, 6.07) is 49.7. The Morgan fingerprint density at radius 3 is 1.23 bits per heavy atom. The van der Waals surface area contributed by atoms with E-state index in [1.807, 2.05) is 0 Å². The molecule has 0 fully saturated rings. The van der Waals surface area contributed by atoms with Gasteiger partial charge in [0.15, 0.2) is 0 Å². The highest BCUT2D eigenvalue weighted by Gasteiger charge is 2.50. The molecule has 2 aromatic heterocycles. The minimum Gasteiger partial charge on any atom is -0.311 e. The molecule has 412 valence electrons. The molecule has 0 unspecified atom stereocenters. The number of benzene rings is 7. The number of anilines is 6. The number of para-hydroxylation sites is 2. The van der Waals surface area contributed by atoms with Crippen molar-refractivity contribution in [2.75, 3.05) is 9.80 Å². The van der Waals surface area contributed by atoms with Crippen molar-refractivity contribution in [3.8, 4) is 5.69 Å². The Balaban J connectivity index is 1.13. The van der Waals surface area contributed by atoms with Crippen molar-refractivity contribution in [1.82, 2.24) is 4.57 Å². The van der Waals surface area contributed by atoms with Crippen LogP contribution < -0.4 is 25.5 Å². The smallest absolute Gasteiger partial charge is 0.264 e. The summed E-state index contributed by atoms with van der Waals surface area (Å²) in [6.07, 6.45) is 9.42. The van der Waals surface area contributed by atoms with Gasteiger partial charge in [-0.1, -0.05) is 165 Å². The lowest BCUT2D eigenvalue weighted by Crippen LogP contribution is -2.61. The van der Waals surface area contributed by atoms with Crippen molar-refractivity contribution in [2.45, 2.75) is 205 Å². The zero-order valence-corrected chi connectivity index (χ0v) is 52.3. The fourth-order valence-electron chi connectivity index (χ4n) is 16.9. The van der Waals surface area contributed by atoms with E-state index in [-0.39, 0.29) is 50.0 Å². The van der Waals surface area contributed by atoms with Crippen molar-refractivity contribution in [2.24, 2.45) is 0 Å². The molecule has 2 aliphatic heterocycles. The van der Waals surface area contributed by atoms with Crippen LogP contribution >= 0.6 is 11.3 Å². The number of fused-ring (bicyclic) bond motifs is 13. The number of hydrogen-bond donors (Lipinski definition) is 0. The van der Waals surface area contributed by atoms with Crippen molar-refractivity contribution in [3.63, 3.8) is 0 Å². The van der Waals surface area contributed by atoms with Gasteiger partial charge in [-0.15, -0.1) is 11.3 Å². The zero-order chi connectivity index (χ0) is 56.7. The second kappa shape index (κ2) is 16.4. The van der Waals surface area contributed by atoms with E-state index in [0.29, 0.717) is 0 Å². The molecule has 0 N–H and O–H groups in total.